The van der Waals surface area contributed by atoms with Crippen molar-refractivity contribution < 1.29 is 9.90 Å². The number of phenols is 1. The first-order chi connectivity index (χ1) is 8.60. The van der Waals surface area contributed by atoms with Crippen molar-refractivity contribution in [3.05, 3.63) is 23.8 Å². The summed E-state index contributed by atoms with van der Waals surface area (Å²) in [5.74, 6) is 0.636. The number of nitrogen functional groups attached to an aromatic ring is 1. The zero-order valence-electron chi connectivity index (χ0n) is 10.6. The zero-order valence-corrected chi connectivity index (χ0v) is 10.6. The Labute approximate surface area is 107 Å². The molecule has 1 aromatic carbocycles. The predicted molar refractivity (Wildman–Crippen MR) is 71.4 cm³/mol. The molecule has 98 valence electrons. The van der Waals surface area contributed by atoms with Gasteiger partial charge in [-0.2, -0.15) is 0 Å². The Bertz CT molecular complexity index is 441. The zero-order chi connectivity index (χ0) is 13.1. The van der Waals surface area contributed by atoms with Crippen molar-refractivity contribution in [2.45, 2.75) is 38.6 Å². The Hall–Kier alpha value is -1.71. The molecule has 0 bridgehead atoms. The molecule has 0 radical (unpaired) electrons. The fraction of sp³-hybridized carbons (Fsp3) is 0.500. The molecule has 1 aliphatic rings. The molecule has 4 N–H and O–H groups in total. The van der Waals surface area contributed by atoms with E-state index in [1.54, 1.807) is 6.07 Å². The third kappa shape index (κ3) is 3.15. The molecule has 0 saturated heterocycles. The van der Waals surface area contributed by atoms with Crippen molar-refractivity contribution in [2.75, 3.05) is 5.73 Å². The van der Waals surface area contributed by atoms with Crippen LogP contribution in [0, 0.1) is 5.92 Å². The number of carbonyl (C=O) groups is 1. The van der Waals surface area contributed by atoms with Gasteiger partial charge in [-0.3, -0.25) is 4.79 Å². The van der Waals surface area contributed by atoms with E-state index in [-0.39, 0.29) is 17.7 Å². The summed E-state index contributed by atoms with van der Waals surface area (Å²) in [4.78, 5) is 12.1. The van der Waals surface area contributed by atoms with E-state index in [2.05, 4.69) is 12.2 Å². The second-order valence-electron chi connectivity index (χ2n) is 5.03. The molecule has 0 aromatic heterocycles. The van der Waals surface area contributed by atoms with E-state index >= 15 is 0 Å². The lowest BCUT2D eigenvalue weighted by Crippen LogP contribution is -2.35. The second kappa shape index (κ2) is 5.29. The highest BCUT2D eigenvalue weighted by atomic mass is 16.3. The van der Waals surface area contributed by atoms with Gasteiger partial charge in [0.05, 0.1) is 5.56 Å². The minimum Gasteiger partial charge on any atom is -0.508 e. The SMILES string of the molecule is CCC(CC1CC1)NC(=O)c1cc(O)ccc1N. The Morgan fingerprint density at radius 3 is 2.89 bits per heavy atom. The van der Waals surface area contributed by atoms with Crippen LogP contribution in [0.2, 0.25) is 0 Å². The topological polar surface area (TPSA) is 75.3 Å². The van der Waals surface area contributed by atoms with Crippen LogP contribution in [-0.4, -0.2) is 17.1 Å². The minimum atomic E-state index is -0.198. The highest BCUT2D eigenvalue weighted by Gasteiger charge is 2.26. The maximum Gasteiger partial charge on any atom is 0.253 e. The quantitative estimate of drug-likeness (QED) is 0.552. The fourth-order valence-electron chi connectivity index (χ4n) is 2.09. The number of anilines is 1. The van der Waals surface area contributed by atoms with Crippen LogP contribution in [0.5, 0.6) is 5.75 Å². The largest absolute Gasteiger partial charge is 0.508 e. The van der Waals surface area contributed by atoms with Crippen molar-refractivity contribution in [1.29, 1.82) is 0 Å². The van der Waals surface area contributed by atoms with Crippen molar-refractivity contribution in [1.82, 2.24) is 5.32 Å². The molecule has 1 fully saturated rings. The molecule has 1 unspecified atom stereocenters. The van der Waals surface area contributed by atoms with Crippen LogP contribution in [0.1, 0.15) is 43.0 Å². The lowest BCUT2D eigenvalue weighted by Gasteiger charge is -2.17. The molecule has 1 amide bonds. The summed E-state index contributed by atoms with van der Waals surface area (Å²) in [7, 11) is 0. The molecule has 2 rings (SSSR count). The molecule has 18 heavy (non-hydrogen) atoms. The second-order valence-corrected chi connectivity index (χ2v) is 5.03. The van der Waals surface area contributed by atoms with Crippen LogP contribution in [0.4, 0.5) is 5.69 Å². The summed E-state index contributed by atoms with van der Waals surface area (Å²) >= 11 is 0. The van der Waals surface area contributed by atoms with E-state index in [1.165, 1.54) is 25.0 Å². The van der Waals surface area contributed by atoms with E-state index in [9.17, 15) is 9.90 Å². The molecule has 1 aliphatic carbocycles. The van der Waals surface area contributed by atoms with Crippen LogP contribution >= 0.6 is 0 Å². The minimum absolute atomic E-state index is 0.0598. The van der Waals surface area contributed by atoms with Gasteiger partial charge in [0.1, 0.15) is 5.75 Å². The van der Waals surface area contributed by atoms with E-state index in [0.29, 0.717) is 11.3 Å². The van der Waals surface area contributed by atoms with Crippen molar-refractivity contribution in [2.24, 2.45) is 5.92 Å². The van der Waals surface area contributed by atoms with Gasteiger partial charge in [-0.1, -0.05) is 19.8 Å². The number of amides is 1. The first-order valence-corrected chi connectivity index (χ1v) is 6.49. The number of aromatic hydroxyl groups is 1. The first-order valence-electron chi connectivity index (χ1n) is 6.49. The predicted octanol–water partition coefficient (Wildman–Crippen LogP) is 2.28. The summed E-state index contributed by atoms with van der Waals surface area (Å²) in [6.07, 6.45) is 4.52. The molecule has 1 saturated carbocycles. The fourth-order valence-corrected chi connectivity index (χ4v) is 2.09. The van der Waals surface area contributed by atoms with Crippen molar-refractivity contribution >= 4 is 11.6 Å². The lowest BCUT2D eigenvalue weighted by atomic mass is 10.1. The third-order valence-corrected chi connectivity index (χ3v) is 3.42. The smallest absolute Gasteiger partial charge is 0.253 e. The number of hydrogen-bond donors (Lipinski definition) is 3. The first kappa shape index (κ1) is 12.7. The summed E-state index contributed by atoms with van der Waals surface area (Å²) < 4.78 is 0. The molecule has 4 nitrogen and oxygen atoms in total. The summed E-state index contributed by atoms with van der Waals surface area (Å²) in [6.45, 7) is 2.07. The third-order valence-electron chi connectivity index (χ3n) is 3.42. The molecule has 0 spiro atoms. The van der Waals surface area contributed by atoms with Gasteiger partial charge in [0, 0.05) is 11.7 Å². The Balaban J connectivity index is 2.02. The van der Waals surface area contributed by atoms with Crippen LogP contribution in [0.25, 0.3) is 0 Å². The van der Waals surface area contributed by atoms with Gasteiger partial charge in [-0.15, -0.1) is 0 Å². The van der Waals surface area contributed by atoms with Crippen molar-refractivity contribution in [3.63, 3.8) is 0 Å². The Morgan fingerprint density at radius 1 is 1.56 bits per heavy atom. The highest BCUT2D eigenvalue weighted by molar-refractivity contribution is 5.99. The average molecular weight is 248 g/mol. The monoisotopic (exact) mass is 248 g/mol. The number of phenolic OH excluding ortho intramolecular Hbond substituents is 1. The number of benzene rings is 1. The summed E-state index contributed by atoms with van der Waals surface area (Å²) in [5.41, 5.74) is 6.50. The molecule has 1 aromatic rings. The Kier molecular flexibility index (Phi) is 3.75. The maximum atomic E-state index is 12.1. The molecular weight excluding hydrogens is 228 g/mol. The average Bonchev–Trinajstić information content (AvgIpc) is 3.15. The van der Waals surface area contributed by atoms with Crippen LogP contribution in [0.3, 0.4) is 0 Å². The van der Waals surface area contributed by atoms with Gasteiger partial charge in [-0.05, 0) is 37.0 Å². The highest BCUT2D eigenvalue weighted by Crippen LogP contribution is 2.34. The molecule has 0 heterocycles. The van der Waals surface area contributed by atoms with E-state index in [4.69, 9.17) is 5.73 Å². The number of rotatable bonds is 5. The maximum absolute atomic E-state index is 12.1. The molecule has 0 aliphatic heterocycles. The van der Waals surface area contributed by atoms with Gasteiger partial charge in [0.25, 0.3) is 5.91 Å². The number of nitrogens with two attached hydrogens (primary N) is 1. The van der Waals surface area contributed by atoms with Gasteiger partial charge in [0.2, 0.25) is 0 Å². The van der Waals surface area contributed by atoms with E-state index in [1.807, 2.05) is 0 Å². The van der Waals surface area contributed by atoms with E-state index < -0.39 is 0 Å². The van der Waals surface area contributed by atoms with E-state index in [0.717, 1.165) is 18.8 Å². The standard InChI is InChI=1S/C14H20N2O2/c1-2-10(7-9-3-4-9)16-14(18)12-8-11(17)5-6-13(12)15/h5-6,8-10,17H,2-4,7,15H2,1H3,(H,16,18). The summed E-state index contributed by atoms with van der Waals surface area (Å²) in [6, 6.07) is 4.64. The van der Waals surface area contributed by atoms with Gasteiger partial charge >= 0.3 is 0 Å². The van der Waals surface area contributed by atoms with Crippen LogP contribution in [0.15, 0.2) is 18.2 Å². The normalized spacial score (nSPS) is 16.3. The number of carbonyl (C=O) groups excluding carboxylic acids is 1. The van der Waals surface area contributed by atoms with Gasteiger partial charge in [0.15, 0.2) is 0 Å². The Morgan fingerprint density at radius 2 is 2.28 bits per heavy atom. The molecule has 1 atom stereocenters. The van der Waals surface area contributed by atoms with Crippen LogP contribution < -0.4 is 11.1 Å². The lowest BCUT2D eigenvalue weighted by molar-refractivity contribution is 0.0933. The summed E-state index contributed by atoms with van der Waals surface area (Å²) in [5, 5.41) is 12.4. The van der Waals surface area contributed by atoms with Crippen molar-refractivity contribution in [3.8, 4) is 5.75 Å². The molecule has 4 heteroatoms. The number of hydrogen-bond acceptors (Lipinski definition) is 3. The molecular formula is C14H20N2O2. The number of nitrogens with one attached hydrogen (secondary N) is 1. The van der Waals surface area contributed by atoms with Gasteiger partial charge in [-0.25, -0.2) is 0 Å². The van der Waals surface area contributed by atoms with Crippen LogP contribution in [-0.2, 0) is 0 Å². The van der Waals surface area contributed by atoms with Gasteiger partial charge < -0.3 is 16.2 Å².